The van der Waals surface area contributed by atoms with Gasteiger partial charge in [-0.15, -0.1) is 0 Å². The molecule has 0 unspecified atom stereocenters. The number of aliphatic carboxylic acids is 1. The number of rotatable bonds is 5. The molecule has 0 aliphatic carbocycles. The van der Waals surface area contributed by atoms with Crippen LogP contribution in [-0.4, -0.2) is 33.8 Å². The van der Waals surface area contributed by atoms with Crippen molar-refractivity contribution in [3.63, 3.8) is 0 Å². The van der Waals surface area contributed by atoms with Crippen molar-refractivity contribution in [1.82, 2.24) is 10.2 Å². The summed E-state index contributed by atoms with van der Waals surface area (Å²) in [5, 5.41) is 13.4. The lowest BCUT2D eigenvalue weighted by Crippen LogP contribution is -2.58. The number of amides is 2. The summed E-state index contributed by atoms with van der Waals surface area (Å²) in [7, 11) is 0. The highest BCUT2D eigenvalue weighted by Crippen LogP contribution is 2.47. The molecule has 0 saturated carbocycles. The van der Waals surface area contributed by atoms with E-state index in [1.54, 1.807) is 5.41 Å². The number of fused-ring (bicyclic) bond motifs is 1. The Morgan fingerprint density at radius 1 is 1.55 bits per heavy atom. The highest BCUT2D eigenvalue weighted by atomic mass is 32.2. The Morgan fingerprint density at radius 2 is 2.25 bits per heavy atom. The third-order valence-corrected chi connectivity index (χ3v) is 4.37. The first kappa shape index (κ1) is 14.6. The lowest BCUT2D eigenvalue weighted by Gasteiger charge is -2.42. The van der Waals surface area contributed by atoms with Gasteiger partial charge in [0.05, 0.1) is 12.0 Å². The Morgan fingerprint density at radius 3 is 2.80 bits per heavy atom. The normalized spacial score (nSPS) is 24.9. The first-order valence-corrected chi connectivity index (χ1v) is 7.23. The fourth-order valence-electron chi connectivity index (χ4n) is 2.58. The first-order chi connectivity index (χ1) is 9.47. The number of carboxylic acids is 1. The van der Waals surface area contributed by atoms with Crippen LogP contribution in [0.2, 0.25) is 0 Å². The molecule has 2 amide bonds. The summed E-state index contributed by atoms with van der Waals surface area (Å²) in [5.74, 6) is -1.44. The zero-order chi connectivity index (χ0) is 14.9. The molecule has 20 heavy (non-hydrogen) atoms. The van der Waals surface area contributed by atoms with Gasteiger partial charge in [-0.2, -0.15) is 0 Å². The maximum Gasteiger partial charge on any atom is 0.353 e. The predicted molar refractivity (Wildman–Crippen MR) is 74.2 cm³/mol. The van der Waals surface area contributed by atoms with Gasteiger partial charge in [0.2, 0.25) is 11.8 Å². The van der Waals surface area contributed by atoms with Gasteiger partial charge in [0.15, 0.2) is 0 Å². The molecule has 2 rings (SSSR count). The summed E-state index contributed by atoms with van der Waals surface area (Å²) in [6.07, 6.45) is 2.77. The third-order valence-electron chi connectivity index (χ3n) is 3.46. The average Bonchev–Trinajstić information content (AvgIpc) is 2.70. The number of nitrogens with zero attached hydrogens (tertiary/aromatic N) is 1. The number of carboxylic acid groups (broad SMARTS) is 1. The quantitative estimate of drug-likeness (QED) is 0.746. The molecule has 1 fully saturated rings. The molecule has 0 aromatic carbocycles. The van der Waals surface area contributed by atoms with Gasteiger partial charge in [0.25, 0.3) is 0 Å². The molecule has 0 spiro atoms. The van der Waals surface area contributed by atoms with Gasteiger partial charge in [-0.05, 0) is 11.8 Å². The van der Waals surface area contributed by atoms with Crippen LogP contribution in [0.3, 0.4) is 0 Å². The zero-order valence-corrected chi connectivity index (χ0v) is 12.1. The number of hydrogen-bond acceptors (Lipinski definition) is 4. The number of hydrogen-bond donors (Lipinski definition) is 2. The van der Waals surface area contributed by atoms with Gasteiger partial charge in [-0.1, -0.05) is 18.7 Å². The summed E-state index contributed by atoms with van der Waals surface area (Å²) in [6.45, 7) is 3.32. The number of nitrogens with one attached hydrogen (secondary N) is 1. The van der Waals surface area contributed by atoms with Crippen molar-refractivity contribution < 1.29 is 19.5 Å². The Hall–Kier alpha value is -1.76. The van der Waals surface area contributed by atoms with E-state index in [0.29, 0.717) is 11.3 Å². The molecule has 7 heteroatoms. The summed E-state index contributed by atoms with van der Waals surface area (Å²) in [5.41, 5.74) is 0.0853. The Balaban J connectivity index is 2.11. The fraction of sp³-hybridized carbons (Fsp3) is 0.462. The molecule has 0 aromatic rings. The summed E-state index contributed by atoms with van der Waals surface area (Å²) in [6, 6.07) is -0.0183. The Kier molecular flexibility index (Phi) is 4.17. The van der Waals surface area contributed by atoms with E-state index in [2.05, 4.69) is 5.32 Å². The summed E-state index contributed by atoms with van der Waals surface area (Å²) < 4.78 is 0. The van der Waals surface area contributed by atoms with Crippen LogP contribution in [0.15, 0.2) is 22.2 Å². The second-order valence-corrected chi connectivity index (χ2v) is 5.69. The number of carbonyl (C=O) groups excluding carboxylic acids is 2. The van der Waals surface area contributed by atoms with Crippen LogP contribution in [0.25, 0.3) is 0 Å². The molecule has 2 N–H and O–H groups in total. The monoisotopic (exact) mass is 296 g/mol. The molecule has 2 heterocycles. The van der Waals surface area contributed by atoms with E-state index in [1.165, 1.54) is 29.8 Å². The molecule has 0 bridgehead atoms. The van der Waals surface area contributed by atoms with Crippen LogP contribution in [0.1, 0.15) is 26.7 Å². The van der Waals surface area contributed by atoms with Gasteiger partial charge < -0.3 is 15.3 Å². The maximum atomic E-state index is 11.9. The van der Waals surface area contributed by atoms with E-state index >= 15 is 0 Å². The average molecular weight is 296 g/mol. The van der Waals surface area contributed by atoms with Crippen molar-refractivity contribution in [2.75, 3.05) is 0 Å². The number of thioether (sulfide) groups is 1. The largest absolute Gasteiger partial charge is 0.477 e. The molecule has 0 aromatic heterocycles. The molecule has 2 aliphatic heterocycles. The molecule has 6 nitrogen and oxygen atoms in total. The highest BCUT2D eigenvalue weighted by Gasteiger charge is 2.54. The van der Waals surface area contributed by atoms with E-state index in [1.807, 2.05) is 6.92 Å². The second-order valence-electron chi connectivity index (χ2n) is 4.69. The lowest BCUT2D eigenvalue weighted by molar-refractivity contribution is -0.155. The highest BCUT2D eigenvalue weighted by molar-refractivity contribution is 8.05. The minimum absolute atomic E-state index is 0.0183. The number of β-lactam (4-membered cyclic amide) rings is 1. The van der Waals surface area contributed by atoms with Crippen molar-refractivity contribution >= 4 is 29.5 Å². The van der Waals surface area contributed by atoms with Crippen LogP contribution in [0.5, 0.6) is 0 Å². The third kappa shape index (κ3) is 2.45. The van der Waals surface area contributed by atoms with Gasteiger partial charge in [0, 0.05) is 24.4 Å². The van der Waals surface area contributed by atoms with Crippen molar-refractivity contribution in [2.24, 2.45) is 5.92 Å². The Bertz CT molecular complexity index is 526. The smallest absolute Gasteiger partial charge is 0.353 e. The van der Waals surface area contributed by atoms with E-state index in [0.717, 1.165) is 6.42 Å². The molecule has 2 aliphatic rings. The van der Waals surface area contributed by atoms with Crippen molar-refractivity contribution in [1.29, 1.82) is 0 Å². The second kappa shape index (κ2) is 5.70. The van der Waals surface area contributed by atoms with Crippen LogP contribution >= 0.6 is 11.8 Å². The van der Waals surface area contributed by atoms with Crippen LogP contribution in [0.4, 0.5) is 0 Å². The summed E-state index contributed by atoms with van der Waals surface area (Å²) >= 11 is 1.23. The summed E-state index contributed by atoms with van der Waals surface area (Å²) in [4.78, 5) is 36.0. The topological polar surface area (TPSA) is 86.7 Å². The minimum atomic E-state index is -1.08. The lowest BCUT2D eigenvalue weighted by atomic mass is 9.85. The van der Waals surface area contributed by atoms with Crippen LogP contribution in [0, 0.1) is 5.92 Å². The van der Waals surface area contributed by atoms with Crippen molar-refractivity contribution in [2.45, 2.75) is 32.7 Å². The molecule has 108 valence electrons. The fourth-order valence-corrected chi connectivity index (χ4v) is 3.44. The molecule has 1 saturated heterocycles. The molecular formula is C13H16N2O4S. The predicted octanol–water partition coefficient (Wildman–Crippen LogP) is 1.26. The maximum absolute atomic E-state index is 11.9. The van der Waals surface area contributed by atoms with E-state index in [4.69, 9.17) is 0 Å². The Labute approximate surface area is 120 Å². The van der Waals surface area contributed by atoms with E-state index in [9.17, 15) is 19.5 Å². The van der Waals surface area contributed by atoms with Crippen molar-refractivity contribution in [3.05, 3.63) is 22.2 Å². The van der Waals surface area contributed by atoms with E-state index < -0.39 is 5.97 Å². The molecule has 0 radical (unpaired) electrons. The number of carbonyl (C=O) groups is 3. The van der Waals surface area contributed by atoms with Gasteiger partial charge in [-0.3, -0.25) is 9.59 Å². The first-order valence-electron chi connectivity index (χ1n) is 6.35. The van der Waals surface area contributed by atoms with Gasteiger partial charge in [-0.25, -0.2) is 4.79 Å². The van der Waals surface area contributed by atoms with Gasteiger partial charge in [0.1, 0.15) is 5.70 Å². The van der Waals surface area contributed by atoms with Crippen LogP contribution in [-0.2, 0) is 14.4 Å². The SMILES string of the molecule is CC[C@@H]1C(=O)N2C(C(=O)O)=C(S/C=C\NC(C)=O)C[C@H]12. The minimum Gasteiger partial charge on any atom is -0.477 e. The van der Waals surface area contributed by atoms with Crippen LogP contribution < -0.4 is 5.32 Å². The zero-order valence-electron chi connectivity index (χ0n) is 11.3. The van der Waals surface area contributed by atoms with Gasteiger partial charge >= 0.3 is 5.97 Å². The van der Waals surface area contributed by atoms with E-state index in [-0.39, 0.29) is 29.5 Å². The molecular weight excluding hydrogens is 280 g/mol. The van der Waals surface area contributed by atoms with Crippen molar-refractivity contribution in [3.8, 4) is 0 Å². The molecule has 2 atom stereocenters. The standard InChI is InChI=1S/C13H16N2O4S/c1-3-8-9-6-10(20-5-4-14-7(2)16)11(13(18)19)15(9)12(8)17/h4-5,8-9H,3,6H2,1-2H3,(H,14,16)(H,18,19)/b5-4-/t8-,9+/m0/s1.